The van der Waals surface area contributed by atoms with E-state index in [1.165, 1.54) is 28.8 Å². The molecule has 2 aromatic rings. The predicted octanol–water partition coefficient (Wildman–Crippen LogP) is 2.85. The largest absolute Gasteiger partial charge is 0.327 e. The van der Waals surface area contributed by atoms with Crippen LogP contribution >= 0.6 is 0 Å². The number of benzene rings is 1. The van der Waals surface area contributed by atoms with E-state index in [-0.39, 0.29) is 6.04 Å². The number of aromatic nitrogens is 1. The molecule has 0 fully saturated rings. The van der Waals surface area contributed by atoms with Crippen molar-refractivity contribution in [3.8, 4) is 0 Å². The van der Waals surface area contributed by atoms with Crippen LogP contribution in [0.3, 0.4) is 0 Å². The molecule has 2 unspecified atom stereocenters. The van der Waals surface area contributed by atoms with Crippen molar-refractivity contribution in [2.45, 2.75) is 37.6 Å². The van der Waals surface area contributed by atoms with Crippen molar-refractivity contribution in [1.82, 2.24) is 4.98 Å². The smallest absolute Gasteiger partial charge is 0.0482 e. The van der Waals surface area contributed by atoms with E-state index in [0.717, 1.165) is 19.3 Å². The van der Waals surface area contributed by atoms with Crippen LogP contribution in [-0.2, 0) is 19.3 Å². The summed E-state index contributed by atoms with van der Waals surface area (Å²) in [4.78, 5) is 4.60. The molecule has 102 valence electrons. The Bertz CT molecular complexity index is 610. The first kappa shape index (κ1) is 12.1. The van der Waals surface area contributed by atoms with E-state index < -0.39 is 0 Å². The summed E-state index contributed by atoms with van der Waals surface area (Å²) in [5, 5.41) is 0. The Hall–Kier alpha value is -1.67. The second kappa shape index (κ2) is 4.71. The van der Waals surface area contributed by atoms with E-state index in [9.17, 15) is 0 Å². The molecule has 0 radical (unpaired) electrons. The van der Waals surface area contributed by atoms with E-state index in [2.05, 4.69) is 35.3 Å². The molecule has 1 aromatic heterocycles. The summed E-state index contributed by atoms with van der Waals surface area (Å²) in [5.74, 6) is 1.02. The van der Waals surface area contributed by atoms with Gasteiger partial charge in [0.15, 0.2) is 0 Å². The standard InChI is InChI=1S/C18H20N2/c19-17(15-10-13-4-1-2-5-14(13)11-15)16-8-7-12-6-3-9-20-18(12)16/h1-6,9,15-17H,7-8,10-11,19H2. The Morgan fingerprint density at radius 2 is 1.70 bits per heavy atom. The zero-order valence-electron chi connectivity index (χ0n) is 11.6. The summed E-state index contributed by atoms with van der Waals surface area (Å²) < 4.78 is 0. The van der Waals surface area contributed by atoms with Gasteiger partial charge in [0.1, 0.15) is 0 Å². The minimum Gasteiger partial charge on any atom is -0.327 e. The SMILES string of the molecule is NC(C1Cc2ccccc2C1)C1CCc2cccnc21. The lowest BCUT2D eigenvalue weighted by atomic mass is 9.85. The fraction of sp³-hybridized carbons (Fsp3) is 0.389. The third-order valence-electron chi connectivity index (χ3n) is 5.09. The predicted molar refractivity (Wildman–Crippen MR) is 80.6 cm³/mol. The second-order valence-corrected chi connectivity index (χ2v) is 6.21. The maximum Gasteiger partial charge on any atom is 0.0482 e. The van der Waals surface area contributed by atoms with Crippen LogP contribution in [0.25, 0.3) is 0 Å². The highest BCUT2D eigenvalue weighted by Crippen LogP contribution is 2.39. The molecule has 0 aliphatic heterocycles. The van der Waals surface area contributed by atoms with Gasteiger partial charge in [-0.3, -0.25) is 4.98 Å². The van der Waals surface area contributed by atoms with E-state index in [4.69, 9.17) is 5.73 Å². The van der Waals surface area contributed by atoms with Crippen LogP contribution in [0.15, 0.2) is 42.6 Å². The summed E-state index contributed by atoms with van der Waals surface area (Å²) in [7, 11) is 0. The maximum absolute atomic E-state index is 6.64. The summed E-state index contributed by atoms with van der Waals surface area (Å²) in [6, 6.07) is 13.3. The first-order valence-electron chi connectivity index (χ1n) is 7.59. The molecular weight excluding hydrogens is 244 g/mol. The van der Waals surface area contributed by atoms with Crippen LogP contribution in [0.2, 0.25) is 0 Å². The highest BCUT2D eigenvalue weighted by Gasteiger charge is 2.35. The van der Waals surface area contributed by atoms with Crippen molar-refractivity contribution in [3.05, 3.63) is 65.0 Å². The van der Waals surface area contributed by atoms with E-state index in [0.29, 0.717) is 11.8 Å². The fourth-order valence-corrected chi connectivity index (χ4v) is 4.01. The van der Waals surface area contributed by atoms with Crippen LogP contribution in [0.5, 0.6) is 0 Å². The topological polar surface area (TPSA) is 38.9 Å². The van der Waals surface area contributed by atoms with Gasteiger partial charge in [0.05, 0.1) is 0 Å². The molecule has 1 aromatic carbocycles. The number of fused-ring (bicyclic) bond motifs is 2. The zero-order valence-corrected chi connectivity index (χ0v) is 11.6. The molecule has 0 bridgehead atoms. The molecule has 2 heteroatoms. The molecule has 0 saturated heterocycles. The lowest BCUT2D eigenvalue weighted by Crippen LogP contribution is -2.36. The molecule has 2 nitrogen and oxygen atoms in total. The fourth-order valence-electron chi connectivity index (χ4n) is 4.01. The summed E-state index contributed by atoms with van der Waals surface area (Å²) >= 11 is 0. The summed E-state index contributed by atoms with van der Waals surface area (Å²) in [6.07, 6.45) is 6.49. The van der Waals surface area contributed by atoms with Crippen molar-refractivity contribution < 1.29 is 0 Å². The van der Waals surface area contributed by atoms with Gasteiger partial charge in [-0.05, 0) is 54.4 Å². The normalized spacial score (nSPS) is 22.6. The quantitative estimate of drug-likeness (QED) is 0.906. The molecule has 0 spiro atoms. The number of hydrogen-bond acceptors (Lipinski definition) is 2. The minimum atomic E-state index is 0.235. The lowest BCUT2D eigenvalue weighted by Gasteiger charge is -2.25. The molecule has 0 amide bonds. The highest BCUT2D eigenvalue weighted by atomic mass is 14.8. The summed E-state index contributed by atoms with van der Waals surface area (Å²) in [5.41, 5.74) is 12.3. The second-order valence-electron chi connectivity index (χ2n) is 6.21. The van der Waals surface area contributed by atoms with Crippen LogP contribution in [0, 0.1) is 5.92 Å². The molecule has 2 aliphatic rings. The van der Waals surface area contributed by atoms with Gasteiger partial charge in [-0.25, -0.2) is 0 Å². The molecule has 2 aliphatic carbocycles. The molecular formula is C18H20N2. The average molecular weight is 264 g/mol. The van der Waals surface area contributed by atoms with Gasteiger partial charge in [0, 0.05) is 23.9 Å². The third-order valence-corrected chi connectivity index (χ3v) is 5.09. The van der Waals surface area contributed by atoms with Crippen molar-refractivity contribution >= 4 is 0 Å². The molecule has 4 rings (SSSR count). The van der Waals surface area contributed by atoms with Gasteiger partial charge in [-0.1, -0.05) is 30.3 Å². The molecule has 0 saturated carbocycles. The molecule has 20 heavy (non-hydrogen) atoms. The van der Waals surface area contributed by atoms with Gasteiger partial charge in [0.2, 0.25) is 0 Å². The molecule has 1 heterocycles. The Kier molecular flexibility index (Phi) is 2.85. The van der Waals surface area contributed by atoms with E-state index in [1.807, 2.05) is 12.3 Å². The first-order valence-corrected chi connectivity index (χ1v) is 7.59. The van der Waals surface area contributed by atoms with Crippen molar-refractivity contribution in [2.24, 2.45) is 11.7 Å². The number of hydrogen-bond donors (Lipinski definition) is 1. The average Bonchev–Trinajstić information content (AvgIpc) is 3.10. The Balaban J connectivity index is 1.57. The van der Waals surface area contributed by atoms with Crippen molar-refractivity contribution in [1.29, 1.82) is 0 Å². The summed E-state index contributed by atoms with van der Waals surface area (Å²) in [6.45, 7) is 0. The number of aryl methyl sites for hydroxylation is 1. The Morgan fingerprint density at radius 1 is 1.00 bits per heavy atom. The van der Waals surface area contributed by atoms with Crippen molar-refractivity contribution in [3.63, 3.8) is 0 Å². The molecule has 2 atom stereocenters. The zero-order chi connectivity index (χ0) is 13.5. The third kappa shape index (κ3) is 1.87. The van der Waals surface area contributed by atoms with Gasteiger partial charge in [-0.2, -0.15) is 0 Å². The van der Waals surface area contributed by atoms with Crippen LogP contribution in [0.1, 0.15) is 34.7 Å². The first-order chi connectivity index (χ1) is 9.83. The number of nitrogens with zero attached hydrogens (tertiary/aromatic N) is 1. The lowest BCUT2D eigenvalue weighted by molar-refractivity contribution is 0.373. The van der Waals surface area contributed by atoms with E-state index in [1.54, 1.807) is 0 Å². The monoisotopic (exact) mass is 264 g/mol. The van der Waals surface area contributed by atoms with Crippen LogP contribution < -0.4 is 5.73 Å². The van der Waals surface area contributed by atoms with Gasteiger partial charge in [-0.15, -0.1) is 0 Å². The maximum atomic E-state index is 6.64. The number of nitrogens with two attached hydrogens (primary N) is 1. The Labute approximate surface area is 120 Å². The number of rotatable bonds is 2. The van der Waals surface area contributed by atoms with Gasteiger partial charge < -0.3 is 5.73 Å². The molecule has 2 N–H and O–H groups in total. The van der Waals surface area contributed by atoms with Crippen molar-refractivity contribution in [2.75, 3.05) is 0 Å². The van der Waals surface area contributed by atoms with Crippen LogP contribution in [0.4, 0.5) is 0 Å². The minimum absolute atomic E-state index is 0.235. The Morgan fingerprint density at radius 3 is 2.45 bits per heavy atom. The number of pyridine rings is 1. The van der Waals surface area contributed by atoms with Gasteiger partial charge in [0.25, 0.3) is 0 Å². The van der Waals surface area contributed by atoms with Crippen LogP contribution in [-0.4, -0.2) is 11.0 Å². The highest BCUT2D eigenvalue weighted by molar-refractivity contribution is 5.35. The van der Waals surface area contributed by atoms with E-state index >= 15 is 0 Å². The van der Waals surface area contributed by atoms with Gasteiger partial charge >= 0.3 is 0 Å².